The van der Waals surface area contributed by atoms with Crippen LogP contribution in [0.4, 0.5) is 0 Å². The minimum atomic E-state index is -4.38. The molecule has 3 fully saturated rings. The third-order valence-electron chi connectivity index (χ3n) is 10.5. The van der Waals surface area contributed by atoms with Crippen molar-refractivity contribution in [2.75, 3.05) is 0 Å². The van der Waals surface area contributed by atoms with Gasteiger partial charge >= 0.3 is 10.4 Å². The first kappa shape index (κ1) is 24.7. The molecule has 3 unspecified atom stereocenters. The summed E-state index contributed by atoms with van der Waals surface area (Å²) in [6, 6.07) is 0. The smallest absolute Gasteiger partial charge is 0.264 e. The molecule has 0 amide bonds. The zero-order valence-electron chi connectivity index (χ0n) is 21.0. The first-order valence-corrected chi connectivity index (χ1v) is 14.7. The van der Waals surface area contributed by atoms with Gasteiger partial charge in [0.2, 0.25) is 0 Å². The summed E-state index contributed by atoms with van der Waals surface area (Å²) in [5, 5.41) is 0. The summed E-state index contributed by atoms with van der Waals surface area (Å²) in [6.07, 6.45) is 15.1. The van der Waals surface area contributed by atoms with Crippen molar-refractivity contribution in [1.29, 1.82) is 0 Å². The monoisotopic (exact) mass is 466 g/mol. The molecule has 4 rings (SSSR count). The minimum Gasteiger partial charge on any atom is -0.264 e. The van der Waals surface area contributed by atoms with E-state index in [9.17, 15) is 8.42 Å². The van der Waals surface area contributed by atoms with Gasteiger partial charge in [-0.15, -0.1) is 0 Å². The van der Waals surface area contributed by atoms with Crippen molar-refractivity contribution < 1.29 is 17.2 Å². The molecule has 0 aliphatic heterocycles. The van der Waals surface area contributed by atoms with Crippen LogP contribution < -0.4 is 0 Å². The van der Waals surface area contributed by atoms with Crippen LogP contribution >= 0.6 is 0 Å². The second kappa shape index (κ2) is 9.00. The summed E-state index contributed by atoms with van der Waals surface area (Å²) in [7, 11) is -4.38. The Bertz CT molecular complexity index is 818. The number of rotatable bonds is 7. The highest BCUT2D eigenvalue weighted by molar-refractivity contribution is 7.80. The Morgan fingerprint density at radius 3 is 2.50 bits per heavy atom. The molecule has 8 atom stereocenters. The van der Waals surface area contributed by atoms with Crippen LogP contribution in [-0.4, -0.2) is 19.1 Å². The molecule has 0 radical (unpaired) electrons. The van der Waals surface area contributed by atoms with Gasteiger partial charge in [0, 0.05) is 0 Å². The molecule has 4 nitrogen and oxygen atoms in total. The molecule has 3 saturated carbocycles. The number of fused-ring (bicyclic) bond motifs is 5. The first-order chi connectivity index (χ1) is 14.9. The van der Waals surface area contributed by atoms with E-state index in [2.05, 4.69) is 40.7 Å². The van der Waals surface area contributed by atoms with E-state index in [1.165, 1.54) is 50.5 Å². The van der Waals surface area contributed by atoms with Crippen LogP contribution in [0.1, 0.15) is 105 Å². The lowest BCUT2D eigenvalue weighted by molar-refractivity contribution is -0.0560. The summed E-state index contributed by atoms with van der Waals surface area (Å²) in [6.45, 7) is 12.3. The maximum Gasteiger partial charge on any atom is 0.397 e. The van der Waals surface area contributed by atoms with Crippen LogP contribution in [-0.2, 0) is 14.6 Å². The average Bonchev–Trinajstić information content (AvgIpc) is 3.04. The number of hydrogen-bond acceptors (Lipinski definition) is 3. The lowest BCUT2D eigenvalue weighted by Gasteiger charge is -2.58. The van der Waals surface area contributed by atoms with Crippen molar-refractivity contribution in [3.8, 4) is 0 Å². The third kappa shape index (κ3) is 4.60. The molecule has 5 heteroatoms. The van der Waals surface area contributed by atoms with E-state index < -0.39 is 16.5 Å². The molecule has 0 heterocycles. The van der Waals surface area contributed by atoms with Crippen molar-refractivity contribution in [3.05, 3.63) is 11.6 Å². The van der Waals surface area contributed by atoms with Gasteiger partial charge in [0.05, 0.1) is 6.10 Å². The minimum absolute atomic E-state index is 0.171. The van der Waals surface area contributed by atoms with E-state index in [1.54, 1.807) is 0 Å². The summed E-state index contributed by atoms with van der Waals surface area (Å²) in [4.78, 5) is 0. The molecule has 0 spiro atoms. The molecule has 0 aromatic rings. The quantitative estimate of drug-likeness (QED) is 0.318. The van der Waals surface area contributed by atoms with E-state index in [1.807, 2.05) is 0 Å². The zero-order valence-corrected chi connectivity index (χ0v) is 21.8. The lowest BCUT2D eigenvalue weighted by Crippen LogP contribution is -2.51. The summed E-state index contributed by atoms with van der Waals surface area (Å²) in [5.74, 6) is 4.83. The maximum absolute atomic E-state index is 11.2. The Morgan fingerprint density at radius 2 is 1.81 bits per heavy atom. The Morgan fingerprint density at radius 1 is 1.06 bits per heavy atom. The number of hydrogen-bond donors (Lipinski definition) is 1. The summed E-state index contributed by atoms with van der Waals surface area (Å²) in [5.41, 5.74) is 2.05. The van der Waals surface area contributed by atoms with Gasteiger partial charge < -0.3 is 0 Å². The van der Waals surface area contributed by atoms with Gasteiger partial charge in [0.15, 0.2) is 0 Å². The number of allylic oxidation sites excluding steroid dienone is 1. The van der Waals surface area contributed by atoms with Crippen molar-refractivity contribution in [2.45, 2.75) is 111 Å². The topological polar surface area (TPSA) is 63.6 Å². The van der Waals surface area contributed by atoms with Crippen LogP contribution in [0, 0.1) is 46.3 Å². The van der Waals surface area contributed by atoms with Crippen LogP contribution in [0.25, 0.3) is 0 Å². The fourth-order valence-corrected chi connectivity index (χ4v) is 9.41. The summed E-state index contributed by atoms with van der Waals surface area (Å²) >= 11 is 0. The van der Waals surface area contributed by atoms with Gasteiger partial charge in [-0.2, -0.15) is 8.42 Å². The predicted octanol–water partition coefficient (Wildman–Crippen LogP) is 7.22. The van der Waals surface area contributed by atoms with Gasteiger partial charge in [-0.05, 0) is 97.7 Å². The molecule has 0 aromatic heterocycles. The normalized spacial score (nSPS) is 42.7. The summed E-state index contributed by atoms with van der Waals surface area (Å²) < 4.78 is 36.6. The van der Waals surface area contributed by atoms with Crippen molar-refractivity contribution in [1.82, 2.24) is 0 Å². The van der Waals surface area contributed by atoms with Crippen LogP contribution in [0.5, 0.6) is 0 Å². The highest BCUT2D eigenvalue weighted by Gasteiger charge is 2.59. The van der Waals surface area contributed by atoms with E-state index in [0.717, 1.165) is 42.4 Å². The zero-order chi connectivity index (χ0) is 23.3. The second-order valence-electron chi connectivity index (χ2n) is 12.7. The standard InChI is InChI=1S/C27H46O4S/c1-18(2)7-6-8-19(3)23-11-12-24-22-10-9-20-17-21(31-32(28,29)30)13-15-26(20,4)25(22)14-16-27(23,24)5/h9,18-19,21-25H,6-8,10-17H2,1-5H3,(H,28,29,30)/t19?,21?,22-,23?,24-,25+,26+,27-/m1/s1. The first-order valence-electron chi connectivity index (χ1n) is 13.3. The SMILES string of the molecule is CC(C)CCCC(C)C1CC[C@@H]2[C@H]3CC=C4CC(OS(=O)(=O)O)CC[C@]4(C)[C@H]3CC[C@]12C. The molecule has 0 saturated heterocycles. The van der Waals surface area contributed by atoms with Crippen molar-refractivity contribution >= 4 is 10.4 Å². The van der Waals surface area contributed by atoms with E-state index in [-0.39, 0.29) is 5.41 Å². The Hall–Kier alpha value is -0.390. The molecule has 1 N–H and O–H groups in total. The largest absolute Gasteiger partial charge is 0.397 e. The lowest BCUT2D eigenvalue weighted by atomic mass is 9.47. The molecule has 0 bridgehead atoms. The predicted molar refractivity (Wildman–Crippen MR) is 129 cm³/mol. The Balaban J connectivity index is 1.47. The third-order valence-corrected chi connectivity index (χ3v) is 11.0. The Labute approximate surface area is 196 Å². The fraction of sp³-hybridized carbons (Fsp3) is 0.926. The molecule has 4 aliphatic rings. The molecular formula is C27H46O4S. The average molecular weight is 467 g/mol. The van der Waals surface area contributed by atoms with Gasteiger partial charge in [-0.3, -0.25) is 4.55 Å². The fourth-order valence-electron chi connectivity index (χ4n) is 8.91. The molecule has 32 heavy (non-hydrogen) atoms. The highest BCUT2D eigenvalue weighted by atomic mass is 32.3. The maximum atomic E-state index is 11.2. The van der Waals surface area contributed by atoms with Crippen LogP contribution in [0.3, 0.4) is 0 Å². The second-order valence-corrected chi connectivity index (χ2v) is 13.7. The molecular weight excluding hydrogens is 420 g/mol. The molecule has 0 aromatic carbocycles. The Kier molecular flexibility index (Phi) is 6.95. The highest BCUT2D eigenvalue weighted by Crippen LogP contribution is 2.67. The van der Waals surface area contributed by atoms with Crippen molar-refractivity contribution in [2.24, 2.45) is 46.3 Å². The van der Waals surface area contributed by atoms with Gasteiger partial charge in [0.25, 0.3) is 0 Å². The van der Waals surface area contributed by atoms with Gasteiger partial charge in [-0.1, -0.05) is 65.5 Å². The molecule has 4 aliphatic carbocycles. The van der Waals surface area contributed by atoms with Crippen LogP contribution in [0.15, 0.2) is 11.6 Å². The van der Waals surface area contributed by atoms with E-state index >= 15 is 0 Å². The van der Waals surface area contributed by atoms with Crippen molar-refractivity contribution in [3.63, 3.8) is 0 Å². The molecule has 184 valence electrons. The van der Waals surface area contributed by atoms with Gasteiger partial charge in [0.1, 0.15) is 0 Å². The van der Waals surface area contributed by atoms with E-state index in [0.29, 0.717) is 24.2 Å². The van der Waals surface area contributed by atoms with E-state index in [4.69, 9.17) is 8.74 Å². The van der Waals surface area contributed by atoms with Gasteiger partial charge in [-0.25, -0.2) is 4.18 Å². The van der Waals surface area contributed by atoms with Crippen LogP contribution in [0.2, 0.25) is 0 Å².